The van der Waals surface area contributed by atoms with Gasteiger partial charge in [-0.25, -0.2) is 8.42 Å². The Kier molecular flexibility index (Phi) is 5.71. The third-order valence-corrected chi connectivity index (χ3v) is 3.73. The number of carbonyl (C=O) groups excluding carboxylic acids is 1. The van der Waals surface area contributed by atoms with Crippen LogP contribution in [0.1, 0.15) is 11.1 Å². The van der Waals surface area contributed by atoms with Gasteiger partial charge in [0, 0.05) is 17.5 Å². The van der Waals surface area contributed by atoms with Gasteiger partial charge in [-0.15, -0.1) is 0 Å². The molecule has 0 atom stereocenters. The van der Waals surface area contributed by atoms with Crippen molar-refractivity contribution in [2.75, 3.05) is 16.3 Å². The Morgan fingerprint density at radius 2 is 1.50 bits per heavy atom. The largest absolute Gasteiger partial charge is 0.416 e. The van der Waals surface area contributed by atoms with Crippen LogP contribution in [0.5, 0.6) is 0 Å². The van der Waals surface area contributed by atoms with Crippen LogP contribution < -0.4 is 10.0 Å². The van der Waals surface area contributed by atoms with Gasteiger partial charge in [0.1, 0.15) is 0 Å². The van der Waals surface area contributed by atoms with Gasteiger partial charge < -0.3 is 5.32 Å². The van der Waals surface area contributed by atoms with Crippen molar-refractivity contribution >= 4 is 33.4 Å². The molecule has 138 valence electrons. The summed E-state index contributed by atoms with van der Waals surface area (Å²) in [5.41, 5.74) is 0.472. The van der Waals surface area contributed by atoms with Gasteiger partial charge in [-0.1, -0.05) is 12.1 Å². The molecule has 26 heavy (non-hydrogen) atoms. The summed E-state index contributed by atoms with van der Waals surface area (Å²) >= 11 is 0. The molecule has 5 nitrogen and oxygen atoms in total. The molecular formula is C17H15F3N2O3S. The topological polar surface area (TPSA) is 75.3 Å². The summed E-state index contributed by atoms with van der Waals surface area (Å²) in [5.74, 6) is -0.478. The number of hydrogen-bond donors (Lipinski definition) is 2. The molecule has 0 aromatic heterocycles. The van der Waals surface area contributed by atoms with Crippen LogP contribution >= 0.6 is 0 Å². The Balaban J connectivity index is 1.96. The highest BCUT2D eigenvalue weighted by Crippen LogP contribution is 2.29. The van der Waals surface area contributed by atoms with Gasteiger partial charge in [0.15, 0.2) is 0 Å². The van der Waals surface area contributed by atoms with Crippen molar-refractivity contribution in [3.63, 3.8) is 0 Å². The normalized spacial score (nSPS) is 12.2. The summed E-state index contributed by atoms with van der Waals surface area (Å²) < 4.78 is 61.9. The maximum Gasteiger partial charge on any atom is 0.416 e. The predicted molar refractivity (Wildman–Crippen MR) is 94.0 cm³/mol. The van der Waals surface area contributed by atoms with Crippen LogP contribution in [0.3, 0.4) is 0 Å². The van der Waals surface area contributed by atoms with E-state index < -0.39 is 27.7 Å². The van der Waals surface area contributed by atoms with Crippen LogP contribution in [0.4, 0.5) is 24.5 Å². The molecule has 0 bridgehead atoms. The van der Waals surface area contributed by atoms with Gasteiger partial charge in [-0.2, -0.15) is 13.2 Å². The maximum absolute atomic E-state index is 12.5. The second kappa shape index (κ2) is 7.61. The van der Waals surface area contributed by atoms with Crippen molar-refractivity contribution in [3.8, 4) is 0 Å². The second-order valence-corrected chi connectivity index (χ2v) is 7.14. The van der Waals surface area contributed by atoms with E-state index in [1.54, 1.807) is 0 Å². The molecule has 0 aliphatic carbocycles. The van der Waals surface area contributed by atoms with Gasteiger partial charge >= 0.3 is 6.18 Å². The maximum atomic E-state index is 12.5. The fourth-order valence-corrected chi connectivity index (χ4v) is 2.54. The van der Waals surface area contributed by atoms with E-state index in [2.05, 4.69) is 10.0 Å². The summed E-state index contributed by atoms with van der Waals surface area (Å²) in [5, 5.41) is 2.55. The molecule has 2 aromatic carbocycles. The van der Waals surface area contributed by atoms with Gasteiger partial charge in [0.25, 0.3) is 0 Å². The van der Waals surface area contributed by atoms with Crippen LogP contribution in [0, 0.1) is 0 Å². The van der Waals surface area contributed by atoms with Crippen molar-refractivity contribution in [3.05, 3.63) is 65.7 Å². The molecular weight excluding hydrogens is 369 g/mol. The lowest BCUT2D eigenvalue weighted by atomic mass is 10.1. The average Bonchev–Trinajstić information content (AvgIpc) is 2.53. The van der Waals surface area contributed by atoms with Gasteiger partial charge in [-0.05, 0) is 48.0 Å². The molecule has 0 spiro atoms. The molecule has 0 fully saturated rings. The third kappa shape index (κ3) is 6.25. The molecule has 0 saturated heterocycles. The molecule has 0 saturated carbocycles. The smallest absolute Gasteiger partial charge is 0.323 e. The lowest BCUT2D eigenvalue weighted by Gasteiger charge is -2.06. The minimum Gasteiger partial charge on any atom is -0.323 e. The standard InChI is InChI=1S/C17H15F3N2O3S/c1-26(24,25)22-15-9-7-14(8-10-15)21-16(23)11-4-12-2-5-13(6-3-12)17(18,19)20/h2-11,22H,1H3,(H,21,23)/b11-4+. The lowest BCUT2D eigenvalue weighted by Crippen LogP contribution is -2.10. The number of carbonyl (C=O) groups is 1. The number of nitrogens with one attached hydrogen (secondary N) is 2. The van der Waals surface area contributed by atoms with Crippen LogP contribution in [-0.2, 0) is 21.0 Å². The van der Waals surface area contributed by atoms with Crippen LogP contribution in [0.25, 0.3) is 6.08 Å². The predicted octanol–water partition coefficient (Wildman–Crippen LogP) is 3.73. The fourth-order valence-electron chi connectivity index (χ4n) is 1.97. The molecule has 0 heterocycles. The SMILES string of the molecule is CS(=O)(=O)Nc1ccc(NC(=O)/C=C/c2ccc(C(F)(F)F)cc2)cc1. The first-order valence-corrected chi connectivity index (χ1v) is 9.16. The first kappa shape index (κ1) is 19.5. The van der Waals surface area contributed by atoms with E-state index in [0.29, 0.717) is 16.9 Å². The number of rotatable bonds is 5. The highest BCUT2D eigenvalue weighted by Gasteiger charge is 2.29. The zero-order valence-electron chi connectivity index (χ0n) is 13.5. The van der Waals surface area contributed by atoms with E-state index in [4.69, 9.17) is 0 Å². The molecule has 2 aromatic rings. The highest BCUT2D eigenvalue weighted by molar-refractivity contribution is 7.92. The Morgan fingerprint density at radius 3 is 2.00 bits per heavy atom. The van der Waals surface area contributed by atoms with Crippen LogP contribution in [-0.4, -0.2) is 20.6 Å². The molecule has 0 aliphatic heterocycles. The van der Waals surface area contributed by atoms with E-state index in [-0.39, 0.29) is 0 Å². The first-order chi connectivity index (χ1) is 12.0. The quantitative estimate of drug-likeness (QED) is 0.772. The summed E-state index contributed by atoms with van der Waals surface area (Å²) in [6.07, 6.45) is -0.813. The van der Waals surface area contributed by atoms with Crippen molar-refractivity contribution in [1.29, 1.82) is 0 Å². The molecule has 2 rings (SSSR count). The summed E-state index contributed by atoms with van der Waals surface area (Å²) in [6, 6.07) is 10.4. The van der Waals surface area contributed by atoms with E-state index in [0.717, 1.165) is 18.4 Å². The molecule has 9 heteroatoms. The Labute approximate surface area is 148 Å². The van der Waals surface area contributed by atoms with E-state index in [1.807, 2.05) is 0 Å². The van der Waals surface area contributed by atoms with Crippen molar-refractivity contribution < 1.29 is 26.4 Å². The number of anilines is 2. The lowest BCUT2D eigenvalue weighted by molar-refractivity contribution is -0.137. The fraction of sp³-hybridized carbons (Fsp3) is 0.118. The first-order valence-electron chi connectivity index (χ1n) is 7.27. The van der Waals surface area contributed by atoms with Crippen LogP contribution in [0.15, 0.2) is 54.6 Å². The van der Waals surface area contributed by atoms with Gasteiger partial charge in [0.05, 0.1) is 11.8 Å². The van der Waals surface area contributed by atoms with Crippen LogP contribution in [0.2, 0.25) is 0 Å². The molecule has 0 aliphatic rings. The monoisotopic (exact) mass is 384 g/mol. The third-order valence-electron chi connectivity index (χ3n) is 3.12. The van der Waals surface area contributed by atoms with Crippen molar-refractivity contribution in [2.24, 2.45) is 0 Å². The minimum absolute atomic E-state index is 0.353. The molecule has 1 amide bonds. The molecule has 2 N–H and O–H groups in total. The van der Waals surface area contributed by atoms with E-state index in [9.17, 15) is 26.4 Å². The Morgan fingerprint density at radius 1 is 0.962 bits per heavy atom. The van der Waals surface area contributed by atoms with E-state index >= 15 is 0 Å². The zero-order chi connectivity index (χ0) is 19.4. The summed E-state index contributed by atoms with van der Waals surface area (Å²) in [7, 11) is -3.38. The summed E-state index contributed by atoms with van der Waals surface area (Å²) in [4.78, 5) is 11.8. The number of amides is 1. The highest BCUT2D eigenvalue weighted by atomic mass is 32.2. The average molecular weight is 384 g/mol. The van der Waals surface area contributed by atoms with E-state index in [1.165, 1.54) is 48.6 Å². The summed E-state index contributed by atoms with van der Waals surface area (Å²) in [6.45, 7) is 0. The number of sulfonamides is 1. The number of alkyl halides is 3. The van der Waals surface area contributed by atoms with Gasteiger partial charge in [-0.3, -0.25) is 9.52 Å². The second-order valence-electron chi connectivity index (χ2n) is 5.39. The van der Waals surface area contributed by atoms with Gasteiger partial charge in [0.2, 0.25) is 15.9 Å². The number of hydrogen-bond acceptors (Lipinski definition) is 3. The number of halogens is 3. The Hall–Kier alpha value is -2.81. The number of benzene rings is 2. The van der Waals surface area contributed by atoms with Crippen molar-refractivity contribution in [2.45, 2.75) is 6.18 Å². The Bertz CT molecular complexity index is 904. The van der Waals surface area contributed by atoms with Crippen molar-refractivity contribution in [1.82, 2.24) is 0 Å². The molecule has 0 radical (unpaired) electrons. The minimum atomic E-state index is -4.41. The zero-order valence-corrected chi connectivity index (χ0v) is 14.4. The molecule has 0 unspecified atom stereocenters.